The number of ether oxygens (including phenoxy) is 1. The first-order valence-corrected chi connectivity index (χ1v) is 9.69. The quantitative estimate of drug-likeness (QED) is 0.844. The highest BCUT2D eigenvalue weighted by Gasteiger charge is 2.36. The zero-order valence-corrected chi connectivity index (χ0v) is 16.5. The van der Waals surface area contributed by atoms with Gasteiger partial charge in [0.15, 0.2) is 0 Å². The molecule has 0 aromatic rings. The zero-order valence-electron chi connectivity index (χ0n) is 16.5. The summed E-state index contributed by atoms with van der Waals surface area (Å²) in [4.78, 5) is 28.9. The minimum absolute atomic E-state index is 0.0550. The van der Waals surface area contributed by atoms with Crippen molar-refractivity contribution in [1.29, 1.82) is 0 Å². The highest BCUT2D eigenvalue weighted by Crippen LogP contribution is 2.21. The van der Waals surface area contributed by atoms with Gasteiger partial charge in [0.2, 0.25) is 5.91 Å². The molecule has 0 saturated carbocycles. The molecule has 0 aliphatic carbocycles. The van der Waals surface area contributed by atoms with Crippen molar-refractivity contribution in [1.82, 2.24) is 15.1 Å². The molecule has 0 aromatic heterocycles. The van der Waals surface area contributed by atoms with Gasteiger partial charge in [-0.15, -0.1) is 0 Å². The predicted octanol–water partition coefficient (Wildman–Crippen LogP) is 2.62. The lowest BCUT2D eigenvalue weighted by atomic mass is 9.98. The number of carbonyl (C=O) groups excluding carboxylic acids is 2. The van der Waals surface area contributed by atoms with E-state index < -0.39 is 11.6 Å². The van der Waals surface area contributed by atoms with E-state index in [1.807, 2.05) is 20.8 Å². The number of hydrogen-bond donors (Lipinski definition) is 1. The number of likely N-dealkylation sites (tertiary alicyclic amines) is 2. The SMILES string of the molecule is CC1CCN(C(C)CNC(=O)C2CCCN2C(=O)OC(C)(C)C)CC1. The summed E-state index contributed by atoms with van der Waals surface area (Å²) in [7, 11) is 0. The van der Waals surface area contributed by atoms with Crippen LogP contribution in [-0.2, 0) is 9.53 Å². The van der Waals surface area contributed by atoms with Crippen LogP contribution in [0.1, 0.15) is 60.3 Å². The van der Waals surface area contributed by atoms with E-state index in [1.165, 1.54) is 12.8 Å². The summed E-state index contributed by atoms with van der Waals surface area (Å²) < 4.78 is 5.43. The number of amides is 2. The van der Waals surface area contributed by atoms with Crippen LogP contribution in [0.3, 0.4) is 0 Å². The topological polar surface area (TPSA) is 61.9 Å². The van der Waals surface area contributed by atoms with Gasteiger partial charge in [0.05, 0.1) is 0 Å². The van der Waals surface area contributed by atoms with Gasteiger partial charge in [-0.1, -0.05) is 6.92 Å². The van der Waals surface area contributed by atoms with Crippen molar-refractivity contribution >= 4 is 12.0 Å². The minimum Gasteiger partial charge on any atom is -0.444 e. The summed E-state index contributed by atoms with van der Waals surface area (Å²) in [5.74, 6) is 0.750. The van der Waals surface area contributed by atoms with Crippen LogP contribution in [0.2, 0.25) is 0 Å². The Bertz CT molecular complexity index is 467. The van der Waals surface area contributed by atoms with Crippen LogP contribution in [0.4, 0.5) is 4.79 Å². The van der Waals surface area contributed by atoms with Gasteiger partial charge in [-0.25, -0.2) is 4.79 Å². The Hall–Kier alpha value is -1.30. The molecule has 6 heteroatoms. The molecule has 2 rings (SSSR count). The van der Waals surface area contributed by atoms with Crippen LogP contribution in [0.15, 0.2) is 0 Å². The summed E-state index contributed by atoms with van der Waals surface area (Å²) in [6.07, 6.45) is 3.63. The van der Waals surface area contributed by atoms with E-state index in [2.05, 4.69) is 24.1 Å². The van der Waals surface area contributed by atoms with Crippen molar-refractivity contribution in [3.05, 3.63) is 0 Å². The molecule has 2 fully saturated rings. The van der Waals surface area contributed by atoms with Gasteiger partial charge in [0, 0.05) is 19.1 Å². The van der Waals surface area contributed by atoms with Crippen LogP contribution >= 0.6 is 0 Å². The summed E-state index contributed by atoms with van der Waals surface area (Å²) >= 11 is 0. The number of nitrogens with one attached hydrogen (secondary N) is 1. The highest BCUT2D eigenvalue weighted by atomic mass is 16.6. The molecular formula is C19H35N3O3. The smallest absolute Gasteiger partial charge is 0.410 e. The predicted molar refractivity (Wildman–Crippen MR) is 98.4 cm³/mol. The normalized spacial score (nSPS) is 24.2. The Morgan fingerprint density at radius 1 is 1.16 bits per heavy atom. The maximum Gasteiger partial charge on any atom is 0.410 e. The van der Waals surface area contributed by atoms with Crippen molar-refractivity contribution in [3.8, 4) is 0 Å². The van der Waals surface area contributed by atoms with E-state index in [0.29, 0.717) is 25.6 Å². The fraction of sp³-hybridized carbons (Fsp3) is 0.895. The third kappa shape index (κ3) is 5.87. The lowest BCUT2D eigenvalue weighted by Crippen LogP contribution is -2.51. The summed E-state index contributed by atoms with van der Waals surface area (Å²) in [5.41, 5.74) is -0.541. The van der Waals surface area contributed by atoms with Gasteiger partial charge >= 0.3 is 6.09 Å². The number of hydrogen-bond acceptors (Lipinski definition) is 4. The molecule has 2 aliphatic rings. The third-order valence-corrected chi connectivity index (χ3v) is 5.20. The first kappa shape index (κ1) is 20.0. The fourth-order valence-corrected chi connectivity index (χ4v) is 3.54. The molecule has 2 unspecified atom stereocenters. The van der Waals surface area contributed by atoms with Crippen molar-refractivity contribution < 1.29 is 14.3 Å². The molecule has 144 valence electrons. The van der Waals surface area contributed by atoms with Crippen molar-refractivity contribution in [2.45, 2.75) is 78.0 Å². The van der Waals surface area contributed by atoms with Gasteiger partial charge < -0.3 is 10.1 Å². The van der Waals surface area contributed by atoms with Gasteiger partial charge in [-0.3, -0.25) is 14.6 Å². The average molecular weight is 354 g/mol. The number of nitrogens with zero attached hydrogens (tertiary/aromatic N) is 2. The maximum atomic E-state index is 12.6. The number of piperidine rings is 1. The lowest BCUT2D eigenvalue weighted by Gasteiger charge is -2.35. The molecule has 0 aromatic carbocycles. The molecule has 6 nitrogen and oxygen atoms in total. The molecule has 2 amide bonds. The van der Waals surface area contributed by atoms with E-state index in [9.17, 15) is 9.59 Å². The molecular weight excluding hydrogens is 318 g/mol. The zero-order chi connectivity index (χ0) is 18.6. The summed E-state index contributed by atoms with van der Waals surface area (Å²) in [6.45, 7) is 13.4. The fourth-order valence-electron chi connectivity index (χ4n) is 3.54. The van der Waals surface area contributed by atoms with Gasteiger partial charge in [-0.05, 0) is 72.4 Å². The lowest BCUT2D eigenvalue weighted by molar-refractivity contribution is -0.125. The standard InChI is InChI=1S/C19H35N3O3/c1-14-8-11-21(12-9-14)15(2)13-20-17(23)16-7-6-10-22(16)18(24)25-19(3,4)5/h14-16H,6-13H2,1-5H3,(H,20,23). The second-order valence-electron chi connectivity index (χ2n) is 8.64. The van der Waals surface area contributed by atoms with E-state index in [-0.39, 0.29) is 12.0 Å². The average Bonchev–Trinajstić information content (AvgIpc) is 3.01. The Labute approximate surface area is 152 Å². The minimum atomic E-state index is -0.541. The van der Waals surface area contributed by atoms with Crippen LogP contribution in [0.5, 0.6) is 0 Å². The second kappa shape index (κ2) is 8.39. The van der Waals surface area contributed by atoms with Gasteiger partial charge in [-0.2, -0.15) is 0 Å². The van der Waals surface area contributed by atoms with E-state index in [0.717, 1.165) is 25.4 Å². The molecule has 0 spiro atoms. The van der Waals surface area contributed by atoms with E-state index >= 15 is 0 Å². The van der Waals surface area contributed by atoms with Gasteiger partial charge in [0.1, 0.15) is 11.6 Å². The van der Waals surface area contributed by atoms with Crippen molar-refractivity contribution in [3.63, 3.8) is 0 Å². The molecule has 1 N–H and O–H groups in total. The highest BCUT2D eigenvalue weighted by molar-refractivity contribution is 5.86. The molecule has 2 heterocycles. The monoisotopic (exact) mass is 353 g/mol. The van der Waals surface area contributed by atoms with Crippen LogP contribution < -0.4 is 5.32 Å². The first-order chi connectivity index (χ1) is 11.7. The largest absolute Gasteiger partial charge is 0.444 e. The Morgan fingerprint density at radius 2 is 1.80 bits per heavy atom. The Kier molecular flexibility index (Phi) is 6.72. The molecule has 0 bridgehead atoms. The maximum absolute atomic E-state index is 12.6. The van der Waals surface area contributed by atoms with Crippen molar-refractivity contribution in [2.24, 2.45) is 5.92 Å². The molecule has 25 heavy (non-hydrogen) atoms. The summed E-state index contributed by atoms with van der Waals surface area (Å²) in [6, 6.07) is -0.0729. The van der Waals surface area contributed by atoms with Crippen molar-refractivity contribution in [2.75, 3.05) is 26.2 Å². The van der Waals surface area contributed by atoms with E-state index in [4.69, 9.17) is 4.74 Å². The van der Waals surface area contributed by atoms with E-state index in [1.54, 1.807) is 4.90 Å². The molecule has 2 aliphatic heterocycles. The number of carbonyl (C=O) groups is 2. The molecule has 0 radical (unpaired) electrons. The van der Waals surface area contributed by atoms with Crippen LogP contribution in [-0.4, -0.2) is 65.7 Å². The van der Waals surface area contributed by atoms with Gasteiger partial charge in [0.25, 0.3) is 0 Å². The number of rotatable bonds is 4. The molecule has 2 atom stereocenters. The van der Waals surface area contributed by atoms with Crippen LogP contribution in [0.25, 0.3) is 0 Å². The molecule has 2 saturated heterocycles. The second-order valence-corrected chi connectivity index (χ2v) is 8.64. The Balaban J connectivity index is 1.82. The first-order valence-electron chi connectivity index (χ1n) is 9.69. The Morgan fingerprint density at radius 3 is 2.40 bits per heavy atom. The summed E-state index contributed by atoms with van der Waals surface area (Å²) in [5, 5.41) is 3.05. The van der Waals surface area contributed by atoms with Crippen LogP contribution in [0, 0.1) is 5.92 Å². The third-order valence-electron chi connectivity index (χ3n) is 5.20.